The molecule has 0 amide bonds. The molecule has 1 aromatic carbocycles. The number of para-hydroxylation sites is 1. The number of anilines is 2. The van der Waals surface area contributed by atoms with Gasteiger partial charge in [0.2, 0.25) is 0 Å². The molecule has 118 valence electrons. The Balaban J connectivity index is 2.10. The summed E-state index contributed by atoms with van der Waals surface area (Å²) in [6, 6.07) is 6.68. The lowest BCUT2D eigenvalue weighted by Gasteiger charge is -2.30. The Morgan fingerprint density at radius 2 is 2.19 bits per heavy atom. The van der Waals surface area contributed by atoms with Gasteiger partial charge in [-0.25, -0.2) is 0 Å². The number of ether oxygens (including phenoxy) is 1. The average Bonchev–Trinajstić information content (AvgIpc) is 2.87. The second-order valence-corrected chi connectivity index (χ2v) is 6.16. The van der Waals surface area contributed by atoms with Gasteiger partial charge in [-0.05, 0) is 51.9 Å². The van der Waals surface area contributed by atoms with Crippen molar-refractivity contribution >= 4 is 11.4 Å². The van der Waals surface area contributed by atoms with Gasteiger partial charge in [0, 0.05) is 19.6 Å². The van der Waals surface area contributed by atoms with Crippen molar-refractivity contribution in [3.8, 4) is 5.75 Å². The highest BCUT2D eigenvalue weighted by atomic mass is 16.5. The molecular weight excluding hydrogens is 262 g/mol. The first-order valence-corrected chi connectivity index (χ1v) is 8.03. The summed E-state index contributed by atoms with van der Waals surface area (Å²) in [6.07, 6.45) is 2.72. The maximum absolute atomic E-state index is 6.29. The molecule has 1 saturated heterocycles. The first-order chi connectivity index (χ1) is 10.0. The topological polar surface area (TPSA) is 41.7 Å². The van der Waals surface area contributed by atoms with Crippen molar-refractivity contribution in [2.75, 3.05) is 37.3 Å². The molecule has 0 aromatic heterocycles. The highest BCUT2D eigenvalue weighted by Gasteiger charge is 2.24. The zero-order valence-corrected chi connectivity index (χ0v) is 13.8. The van der Waals surface area contributed by atoms with Crippen molar-refractivity contribution in [1.82, 2.24) is 4.90 Å². The van der Waals surface area contributed by atoms with Crippen molar-refractivity contribution < 1.29 is 4.74 Å². The zero-order chi connectivity index (χ0) is 15.4. The van der Waals surface area contributed by atoms with Crippen LogP contribution in [0.25, 0.3) is 0 Å². The van der Waals surface area contributed by atoms with Gasteiger partial charge in [0.1, 0.15) is 5.75 Å². The van der Waals surface area contributed by atoms with E-state index in [9.17, 15) is 0 Å². The van der Waals surface area contributed by atoms with Gasteiger partial charge in [-0.1, -0.05) is 13.0 Å². The fourth-order valence-electron chi connectivity index (χ4n) is 3.15. The summed E-state index contributed by atoms with van der Waals surface area (Å²) >= 11 is 0. The van der Waals surface area contributed by atoms with E-state index in [1.807, 2.05) is 26.0 Å². The third-order valence-corrected chi connectivity index (χ3v) is 4.21. The molecule has 4 nitrogen and oxygen atoms in total. The number of nitrogens with zero attached hydrogens (tertiary/aromatic N) is 2. The van der Waals surface area contributed by atoms with Crippen LogP contribution in [0.5, 0.6) is 5.75 Å². The summed E-state index contributed by atoms with van der Waals surface area (Å²) in [5, 5.41) is 0. The van der Waals surface area contributed by atoms with E-state index in [1.54, 1.807) is 0 Å². The van der Waals surface area contributed by atoms with E-state index in [1.165, 1.54) is 19.4 Å². The van der Waals surface area contributed by atoms with E-state index in [2.05, 4.69) is 29.8 Å². The Kier molecular flexibility index (Phi) is 5.34. The van der Waals surface area contributed by atoms with E-state index in [0.29, 0.717) is 6.04 Å². The maximum atomic E-state index is 6.29. The predicted molar refractivity (Wildman–Crippen MR) is 90.2 cm³/mol. The fraction of sp³-hybridized carbons (Fsp3) is 0.647. The van der Waals surface area contributed by atoms with Crippen molar-refractivity contribution in [1.29, 1.82) is 0 Å². The lowest BCUT2D eigenvalue weighted by Crippen LogP contribution is -2.39. The highest BCUT2D eigenvalue weighted by molar-refractivity contribution is 5.73. The average molecular weight is 291 g/mol. The number of likely N-dealkylation sites (N-methyl/N-ethyl adjacent to an activating group) is 2. The predicted octanol–water partition coefficient (Wildman–Crippen LogP) is 2.98. The number of hydrogen-bond donors (Lipinski definition) is 1. The number of rotatable bonds is 6. The second kappa shape index (κ2) is 7.03. The molecule has 1 unspecified atom stereocenters. The van der Waals surface area contributed by atoms with Crippen LogP contribution in [0.2, 0.25) is 0 Å². The van der Waals surface area contributed by atoms with Crippen molar-refractivity contribution in [3.05, 3.63) is 18.2 Å². The molecule has 21 heavy (non-hydrogen) atoms. The number of nitrogens with two attached hydrogens (primary N) is 1. The first kappa shape index (κ1) is 16.0. The molecule has 1 atom stereocenters. The Labute approximate surface area is 128 Å². The van der Waals surface area contributed by atoms with Gasteiger partial charge in [-0.2, -0.15) is 0 Å². The normalized spacial score (nSPS) is 19.2. The SMILES string of the molecule is CCN1CCCC1CN(C)c1cccc(OC(C)C)c1N. The number of benzene rings is 1. The third kappa shape index (κ3) is 3.82. The van der Waals surface area contributed by atoms with Gasteiger partial charge >= 0.3 is 0 Å². The number of likely N-dealkylation sites (tertiary alicyclic amines) is 1. The molecule has 1 fully saturated rings. The van der Waals surface area contributed by atoms with Crippen LogP contribution in [0.4, 0.5) is 11.4 Å². The number of nitrogen functional groups attached to an aromatic ring is 1. The minimum Gasteiger partial charge on any atom is -0.489 e. The summed E-state index contributed by atoms with van der Waals surface area (Å²) in [7, 11) is 2.12. The van der Waals surface area contributed by atoms with Gasteiger partial charge in [0.05, 0.1) is 17.5 Å². The van der Waals surface area contributed by atoms with Crippen LogP contribution in [-0.2, 0) is 0 Å². The quantitative estimate of drug-likeness (QED) is 0.818. The summed E-state index contributed by atoms with van der Waals surface area (Å²) in [6.45, 7) is 9.65. The van der Waals surface area contributed by atoms with Gasteiger partial charge in [0.25, 0.3) is 0 Å². The van der Waals surface area contributed by atoms with Crippen LogP contribution in [-0.4, -0.2) is 43.7 Å². The van der Waals surface area contributed by atoms with Gasteiger partial charge in [-0.3, -0.25) is 4.90 Å². The molecule has 0 aliphatic carbocycles. The van der Waals surface area contributed by atoms with E-state index in [-0.39, 0.29) is 6.10 Å². The summed E-state index contributed by atoms with van der Waals surface area (Å²) in [5.74, 6) is 0.785. The lowest BCUT2D eigenvalue weighted by atomic mass is 10.1. The van der Waals surface area contributed by atoms with Crippen LogP contribution in [0, 0.1) is 0 Å². The largest absolute Gasteiger partial charge is 0.489 e. The molecule has 1 aliphatic rings. The van der Waals surface area contributed by atoms with Crippen molar-refractivity contribution in [3.63, 3.8) is 0 Å². The van der Waals surface area contributed by atoms with E-state index in [0.717, 1.165) is 30.2 Å². The van der Waals surface area contributed by atoms with Crippen LogP contribution in [0.1, 0.15) is 33.6 Å². The highest BCUT2D eigenvalue weighted by Crippen LogP contribution is 2.33. The molecule has 0 saturated carbocycles. The molecular formula is C17H29N3O. The molecule has 0 radical (unpaired) electrons. The summed E-state index contributed by atoms with van der Waals surface area (Å²) < 4.78 is 5.79. The molecule has 1 heterocycles. The Hall–Kier alpha value is -1.42. The Morgan fingerprint density at radius 1 is 1.43 bits per heavy atom. The van der Waals surface area contributed by atoms with E-state index < -0.39 is 0 Å². The summed E-state index contributed by atoms with van der Waals surface area (Å²) in [5.41, 5.74) is 8.10. The van der Waals surface area contributed by atoms with Crippen LogP contribution in [0.15, 0.2) is 18.2 Å². The minimum atomic E-state index is 0.137. The molecule has 0 spiro atoms. The fourth-order valence-corrected chi connectivity index (χ4v) is 3.15. The minimum absolute atomic E-state index is 0.137. The Bertz CT molecular complexity index is 461. The van der Waals surface area contributed by atoms with Gasteiger partial charge in [0.15, 0.2) is 0 Å². The van der Waals surface area contributed by atoms with Crippen LogP contribution >= 0.6 is 0 Å². The van der Waals surface area contributed by atoms with Gasteiger partial charge in [-0.15, -0.1) is 0 Å². The van der Waals surface area contributed by atoms with E-state index in [4.69, 9.17) is 10.5 Å². The van der Waals surface area contributed by atoms with Crippen LogP contribution in [0.3, 0.4) is 0 Å². The molecule has 4 heteroatoms. The molecule has 1 aliphatic heterocycles. The maximum Gasteiger partial charge on any atom is 0.144 e. The molecule has 2 N–H and O–H groups in total. The summed E-state index contributed by atoms with van der Waals surface area (Å²) in [4.78, 5) is 4.82. The Morgan fingerprint density at radius 3 is 2.86 bits per heavy atom. The molecule has 2 rings (SSSR count). The monoisotopic (exact) mass is 291 g/mol. The van der Waals surface area contributed by atoms with Crippen molar-refractivity contribution in [2.45, 2.75) is 45.8 Å². The second-order valence-electron chi connectivity index (χ2n) is 6.16. The van der Waals surface area contributed by atoms with Crippen LogP contribution < -0.4 is 15.4 Å². The van der Waals surface area contributed by atoms with Crippen molar-refractivity contribution in [2.24, 2.45) is 0 Å². The standard InChI is InChI=1S/C17H29N3O/c1-5-20-11-7-8-14(20)12-19(4)15-9-6-10-16(17(15)18)21-13(2)3/h6,9-10,13-14H,5,7-8,11-12,18H2,1-4H3. The smallest absolute Gasteiger partial charge is 0.144 e. The third-order valence-electron chi connectivity index (χ3n) is 4.21. The lowest BCUT2D eigenvalue weighted by molar-refractivity contribution is 0.244. The number of hydrogen-bond acceptors (Lipinski definition) is 4. The van der Waals surface area contributed by atoms with E-state index >= 15 is 0 Å². The molecule has 1 aromatic rings. The molecule has 0 bridgehead atoms. The zero-order valence-electron chi connectivity index (χ0n) is 13.8. The van der Waals surface area contributed by atoms with Gasteiger partial charge < -0.3 is 15.4 Å². The first-order valence-electron chi connectivity index (χ1n) is 8.03.